The molecule has 4 nitrogen and oxygen atoms in total. The molecular weight excluding hydrogens is 474 g/mol. The average Bonchev–Trinajstić information content (AvgIpc) is 2.50. The van der Waals surface area contributed by atoms with Gasteiger partial charge in [0.25, 0.3) is 0 Å². The second-order valence-electron chi connectivity index (χ2n) is 2.39. The van der Waals surface area contributed by atoms with E-state index in [4.69, 9.17) is 0 Å². The topological polar surface area (TPSA) is 43.6 Å². The number of aromatic nitrogens is 4. The highest BCUT2D eigenvalue weighted by Crippen LogP contribution is 2.16. The van der Waals surface area contributed by atoms with Crippen molar-refractivity contribution in [3.8, 4) is 5.82 Å². The fraction of sp³-hybridized carbons (Fsp3) is 0. The third-order valence-corrected chi connectivity index (χ3v) is 4.78. The highest BCUT2D eigenvalue weighted by atomic mass is 127. The normalized spacial score (nSPS) is 10.5. The van der Waals surface area contributed by atoms with Crippen molar-refractivity contribution in [1.29, 1.82) is 0 Å². The third-order valence-electron chi connectivity index (χ3n) is 1.52. The molecule has 0 aliphatic carbocycles. The molecule has 0 fully saturated rings. The first-order valence-corrected chi connectivity index (χ1v) is 6.50. The van der Waals surface area contributed by atoms with E-state index < -0.39 is 0 Å². The zero-order valence-electron chi connectivity index (χ0n) is 6.65. The van der Waals surface area contributed by atoms with Crippen molar-refractivity contribution in [1.82, 2.24) is 19.5 Å². The summed E-state index contributed by atoms with van der Waals surface area (Å²) in [5, 5.41) is 0. The maximum atomic E-state index is 4.23. The maximum absolute atomic E-state index is 4.23. The Morgan fingerprint density at radius 1 is 1.14 bits per heavy atom. The molecule has 0 N–H and O–H groups in total. The zero-order valence-corrected chi connectivity index (χ0v) is 12.6. The Labute approximate surface area is 116 Å². The zero-order chi connectivity index (χ0) is 10.1. The van der Waals surface area contributed by atoms with E-state index in [9.17, 15) is 0 Å². The molecular formula is C7H3BrI2N4. The highest BCUT2D eigenvalue weighted by Gasteiger charge is 2.07. The van der Waals surface area contributed by atoms with Gasteiger partial charge in [0.1, 0.15) is 18.3 Å². The summed E-state index contributed by atoms with van der Waals surface area (Å²) in [7, 11) is 0. The van der Waals surface area contributed by atoms with Crippen LogP contribution in [0.3, 0.4) is 0 Å². The Morgan fingerprint density at radius 2 is 1.93 bits per heavy atom. The first-order valence-electron chi connectivity index (χ1n) is 3.55. The van der Waals surface area contributed by atoms with Crippen molar-refractivity contribution in [3.63, 3.8) is 0 Å². The lowest BCUT2D eigenvalue weighted by atomic mass is 10.6. The summed E-state index contributed by atoms with van der Waals surface area (Å²) in [4.78, 5) is 12.5. The van der Waals surface area contributed by atoms with Crippen molar-refractivity contribution < 1.29 is 0 Å². The number of nitrogens with zero attached hydrogens (tertiary/aromatic N) is 4. The van der Waals surface area contributed by atoms with Gasteiger partial charge in [0.05, 0.1) is 12.4 Å². The molecule has 0 aliphatic rings. The predicted molar refractivity (Wildman–Crippen MR) is 72.3 cm³/mol. The first-order chi connectivity index (χ1) is 6.68. The Hall–Kier alpha value is 0.230. The molecule has 0 aromatic carbocycles. The minimum Gasteiger partial charge on any atom is -0.276 e. The van der Waals surface area contributed by atoms with E-state index in [0.717, 1.165) is 17.8 Å². The maximum Gasteiger partial charge on any atom is 0.157 e. The molecule has 0 atom stereocenters. The van der Waals surface area contributed by atoms with Crippen LogP contribution >= 0.6 is 61.1 Å². The lowest BCUT2D eigenvalue weighted by Crippen LogP contribution is -1.99. The molecule has 72 valence electrons. The largest absolute Gasteiger partial charge is 0.276 e. The van der Waals surface area contributed by atoms with E-state index >= 15 is 0 Å². The predicted octanol–water partition coefficient (Wildman–Crippen LogP) is 2.63. The standard InChI is InChI=1S/C7H3BrI2N4/c8-4-1-12-5(2-11-4)14-3-13-6(9)7(14)10/h1-3H. The molecule has 2 heterocycles. The van der Waals surface area contributed by atoms with Gasteiger partial charge in [-0.1, -0.05) is 0 Å². The lowest BCUT2D eigenvalue weighted by Gasteiger charge is -2.01. The molecule has 2 aromatic heterocycles. The Kier molecular flexibility index (Phi) is 3.37. The molecule has 0 radical (unpaired) electrons. The van der Waals surface area contributed by atoms with Crippen LogP contribution in [-0.2, 0) is 0 Å². The van der Waals surface area contributed by atoms with E-state index in [1.54, 1.807) is 18.7 Å². The second kappa shape index (κ2) is 4.39. The molecule has 0 bridgehead atoms. The molecule has 0 saturated heterocycles. The molecule has 0 amide bonds. The Bertz CT molecular complexity index is 453. The molecule has 2 aromatic rings. The van der Waals surface area contributed by atoms with Gasteiger partial charge in [-0.15, -0.1) is 0 Å². The van der Waals surface area contributed by atoms with Crippen molar-refractivity contribution in [2.24, 2.45) is 0 Å². The molecule has 7 heteroatoms. The van der Waals surface area contributed by atoms with E-state index in [-0.39, 0.29) is 0 Å². The van der Waals surface area contributed by atoms with Crippen LogP contribution in [0.2, 0.25) is 0 Å². The van der Waals surface area contributed by atoms with Gasteiger partial charge in [-0.05, 0) is 61.1 Å². The summed E-state index contributed by atoms with van der Waals surface area (Å²) in [6, 6.07) is 0. The van der Waals surface area contributed by atoms with Crippen LogP contribution in [0.15, 0.2) is 23.3 Å². The fourth-order valence-electron chi connectivity index (χ4n) is 0.901. The van der Waals surface area contributed by atoms with Crippen LogP contribution in [0, 0.1) is 7.40 Å². The van der Waals surface area contributed by atoms with Gasteiger partial charge in [-0.3, -0.25) is 4.57 Å². The van der Waals surface area contributed by atoms with Gasteiger partial charge in [-0.2, -0.15) is 0 Å². The van der Waals surface area contributed by atoms with Gasteiger partial charge in [0.15, 0.2) is 5.82 Å². The number of imidazole rings is 1. The number of halogens is 3. The SMILES string of the molecule is Brc1cnc(-n2cnc(I)c2I)cn1. The highest BCUT2D eigenvalue weighted by molar-refractivity contribution is 14.1. The first kappa shape index (κ1) is 10.7. The van der Waals surface area contributed by atoms with Crippen LogP contribution in [-0.4, -0.2) is 19.5 Å². The third kappa shape index (κ3) is 2.08. The van der Waals surface area contributed by atoms with E-state index in [0.29, 0.717) is 0 Å². The molecule has 14 heavy (non-hydrogen) atoms. The van der Waals surface area contributed by atoms with Crippen molar-refractivity contribution >= 4 is 61.1 Å². The molecule has 0 aliphatic heterocycles. The smallest absolute Gasteiger partial charge is 0.157 e. The van der Waals surface area contributed by atoms with Crippen LogP contribution in [0.5, 0.6) is 0 Å². The molecule has 0 spiro atoms. The van der Waals surface area contributed by atoms with Crippen LogP contribution in [0.4, 0.5) is 0 Å². The summed E-state index contributed by atoms with van der Waals surface area (Å²) in [5.74, 6) is 0.771. The number of hydrogen-bond acceptors (Lipinski definition) is 3. The summed E-state index contributed by atoms with van der Waals surface area (Å²) >= 11 is 7.65. The van der Waals surface area contributed by atoms with Crippen LogP contribution < -0.4 is 0 Å². The summed E-state index contributed by atoms with van der Waals surface area (Å²) in [6.07, 6.45) is 5.10. The molecule has 0 unspecified atom stereocenters. The minimum atomic E-state index is 0.728. The fourth-order valence-corrected chi connectivity index (χ4v) is 2.00. The van der Waals surface area contributed by atoms with Gasteiger partial charge in [0, 0.05) is 0 Å². The summed E-state index contributed by atoms with van der Waals surface area (Å²) in [6.45, 7) is 0. The van der Waals surface area contributed by atoms with Crippen LogP contribution in [0.1, 0.15) is 0 Å². The lowest BCUT2D eigenvalue weighted by molar-refractivity contribution is 0.944. The van der Waals surface area contributed by atoms with Gasteiger partial charge >= 0.3 is 0 Å². The van der Waals surface area contributed by atoms with Crippen LogP contribution in [0.25, 0.3) is 5.82 Å². The summed E-state index contributed by atoms with van der Waals surface area (Å²) < 4.78 is 4.63. The van der Waals surface area contributed by atoms with E-state index in [2.05, 4.69) is 76.1 Å². The van der Waals surface area contributed by atoms with E-state index in [1.165, 1.54) is 0 Å². The molecule has 2 rings (SSSR count). The number of rotatable bonds is 1. The van der Waals surface area contributed by atoms with E-state index in [1.807, 2.05) is 4.57 Å². The van der Waals surface area contributed by atoms with Crippen molar-refractivity contribution in [2.75, 3.05) is 0 Å². The van der Waals surface area contributed by atoms with Gasteiger partial charge in [-0.25, -0.2) is 15.0 Å². The Balaban J connectivity index is 2.49. The monoisotopic (exact) mass is 476 g/mol. The molecule has 0 saturated carbocycles. The van der Waals surface area contributed by atoms with Gasteiger partial charge in [0.2, 0.25) is 0 Å². The Morgan fingerprint density at radius 3 is 2.43 bits per heavy atom. The number of hydrogen-bond donors (Lipinski definition) is 0. The summed E-state index contributed by atoms with van der Waals surface area (Å²) in [5.41, 5.74) is 0. The minimum absolute atomic E-state index is 0.728. The average molecular weight is 477 g/mol. The van der Waals surface area contributed by atoms with Gasteiger partial charge < -0.3 is 0 Å². The second-order valence-corrected chi connectivity index (χ2v) is 5.25. The quantitative estimate of drug-likeness (QED) is 0.594. The van der Waals surface area contributed by atoms with Crippen molar-refractivity contribution in [3.05, 3.63) is 30.7 Å². The van der Waals surface area contributed by atoms with Crippen molar-refractivity contribution in [2.45, 2.75) is 0 Å².